The molecule has 1 aliphatic heterocycles. The molecular formula is C22H24N6O2. The molecule has 0 atom stereocenters. The molecule has 1 aliphatic rings. The number of rotatable bonds is 5. The van der Waals surface area contributed by atoms with E-state index in [-0.39, 0.29) is 0 Å². The van der Waals surface area contributed by atoms with Gasteiger partial charge in [-0.15, -0.1) is 0 Å². The molecule has 1 aromatic carbocycles. The smallest absolute Gasteiger partial charge is 0.227 e. The number of fused-ring (bicyclic) bond motifs is 1. The number of hydrogen-bond acceptors (Lipinski definition) is 6. The Morgan fingerprint density at radius 2 is 2.13 bits per heavy atom. The summed E-state index contributed by atoms with van der Waals surface area (Å²) in [5, 5.41) is 9.89. The number of benzene rings is 1. The van der Waals surface area contributed by atoms with E-state index in [1.54, 1.807) is 0 Å². The van der Waals surface area contributed by atoms with Crippen molar-refractivity contribution in [3.8, 4) is 11.4 Å². The Morgan fingerprint density at radius 3 is 2.87 bits per heavy atom. The zero-order chi connectivity index (χ0) is 20.9. The summed E-state index contributed by atoms with van der Waals surface area (Å²) in [6.45, 7) is 5.99. The summed E-state index contributed by atoms with van der Waals surface area (Å²) in [6.07, 6.45) is 5.36. The Hall–Kier alpha value is -3.52. The van der Waals surface area contributed by atoms with E-state index in [0.717, 1.165) is 42.0 Å². The molecule has 5 rings (SSSR count). The van der Waals surface area contributed by atoms with Crippen LogP contribution >= 0.6 is 0 Å². The van der Waals surface area contributed by atoms with Crippen molar-refractivity contribution in [1.82, 2.24) is 24.8 Å². The summed E-state index contributed by atoms with van der Waals surface area (Å²) in [7, 11) is 0. The standard InChI is InChI=1S/C14H16N4O2.C8H8N2/c1-9-2-3-11(5-12(9)16-8-19)14-17-13(20-18-14)4-10-6-15-7-10;1-7-6-9-8-4-2-3-5-10(7)8/h2-3,5,8,10,15H,4,6-7H2,1H3,(H,16,19);2-6H,1H3. The minimum absolute atomic E-state index is 0.557. The number of carbonyl (C=O) groups is 1. The monoisotopic (exact) mass is 404 g/mol. The van der Waals surface area contributed by atoms with E-state index in [0.29, 0.717) is 24.0 Å². The van der Waals surface area contributed by atoms with Gasteiger partial charge in [0.2, 0.25) is 18.1 Å². The molecule has 0 bridgehead atoms. The van der Waals surface area contributed by atoms with Gasteiger partial charge in [-0.2, -0.15) is 4.98 Å². The minimum Gasteiger partial charge on any atom is -0.339 e. The second-order valence-electron chi connectivity index (χ2n) is 7.36. The SMILES string of the molecule is Cc1ccc(-c2noc(CC3CNC3)n2)cc1NC=O.Cc1cnc2ccccn12. The molecule has 0 spiro atoms. The van der Waals surface area contributed by atoms with Crippen LogP contribution in [0, 0.1) is 19.8 Å². The number of imidazole rings is 1. The number of aromatic nitrogens is 4. The summed E-state index contributed by atoms with van der Waals surface area (Å²) >= 11 is 0. The van der Waals surface area contributed by atoms with Crippen molar-refractivity contribution in [2.75, 3.05) is 18.4 Å². The number of amides is 1. The van der Waals surface area contributed by atoms with Gasteiger partial charge in [0.15, 0.2) is 0 Å². The van der Waals surface area contributed by atoms with E-state index in [9.17, 15) is 4.79 Å². The van der Waals surface area contributed by atoms with Crippen LogP contribution in [0.3, 0.4) is 0 Å². The first-order valence-electron chi connectivity index (χ1n) is 9.87. The quantitative estimate of drug-likeness (QED) is 0.496. The molecule has 3 aromatic heterocycles. The Bertz CT molecular complexity index is 1150. The lowest BCUT2D eigenvalue weighted by Crippen LogP contribution is -2.43. The zero-order valence-corrected chi connectivity index (χ0v) is 17.0. The number of anilines is 1. The van der Waals surface area contributed by atoms with Gasteiger partial charge in [0.25, 0.3) is 0 Å². The Morgan fingerprint density at radius 1 is 1.27 bits per heavy atom. The van der Waals surface area contributed by atoms with Gasteiger partial charge in [0.1, 0.15) is 5.65 Å². The lowest BCUT2D eigenvalue weighted by atomic mass is 10.00. The Balaban J connectivity index is 0.000000181. The lowest BCUT2D eigenvalue weighted by molar-refractivity contribution is -0.105. The summed E-state index contributed by atoms with van der Waals surface area (Å²) in [5.41, 5.74) is 4.77. The van der Waals surface area contributed by atoms with Crippen LogP contribution in [-0.4, -0.2) is 39.0 Å². The van der Waals surface area contributed by atoms with Crippen molar-refractivity contribution in [1.29, 1.82) is 0 Å². The second-order valence-corrected chi connectivity index (χ2v) is 7.36. The van der Waals surface area contributed by atoms with Crippen LogP contribution < -0.4 is 10.6 Å². The van der Waals surface area contributed by atoms with E-state index >= 15 is 0 Å². The molecule has 0 unspecified atom stereocenters. The van der Waals surface area contributed by atoms with Gasteiger partial charge in [-0.05, 0) is 56.6 Å². The zero-order valence-electron chi connectivity index (χ0n) is 17.0. The van der Waals surface area contributed by atoms with E-state index in [2.05, 4.69) is 30.2 Å². The lowest BCUT2D eigenvalue weighted by Gasteiger charge is -2.25. The first-order valence-corrected chi connectivity index (χ1v) is 9.87. The Kier molecular flexibility index (Phi) is 5.85. The van der Waals surface area contributed by atoms with Gasteiger partial charge >= 0.3 is 0 Å². The summed E-state index contributed by atoms with van der Waals surface area (Å²) in [6, 6.07) is 11.7. The number of nitrogens with one attached hydrogen (secondary N) is 2. The highest BCUT2D eigenvalue weighted by molar-refractivity contribution is 5.76. The predicted molar refractivity (Wildman–Crippen MR) is 114 cm³/mol. The molecule has 0 aliphatic carbocycles. The third kappa shape index (κ3) is 4.38. The van der Waals surface area contributed by atoms with Crippen molar-refractivity contribution in [2.45, 2.75) is 20.3 Å². The van der Waals surface area contributed by atoms with Crippen LogP contribution in [-0.2, 0) is 11.2 Å². The van der Waals surface area contributed by atoms with E-state index in [4.69, 9.17) is 4.52 Å². The number of nitrogens with zero attached hydrogens (tertiary/aromatic N) is 4. The summed E-state index contributed by atoms with van der Waals surface area (Å²) in [5.74, 6) is 1.81. The van der Waals surface area contributed by atoms with E-state index in [1.165, 1.54) is 5.69 Å². The van der Waals surface area contributed by atoms with Crippen molar-refractivity contribution < 1.29 is 9.32 Å². The third-order valence-electron chi connectivity index (χ3n) is 5.11. The fraction of sp³-hybridized carbons (Fsp3) is 0.273. The number of hydrogen-bond donors (Lipinski definition) is 2. The fourth-order valence-corrected chi connectivity index (χ4v) is 3.23. The molecule has 0 radical (unpaired) electrons. The van der Waals surface area contributed by atoms with Gasteiger partial charge in [-0.25, -0.2) is 4.98 Å². The van der Waals surface area contributed by atoms with Gasteiger partial charge < -0.3 is 19.6 Å². The van der Waals surface area contributed by atoms with Crippen LogP contribution in [0.25, 0.3) is 17.0 Å². The summed E-state index contributed by atoms with van der Waals surface area (Å²) < 4.78 is 7.33. The molecule has 4 heterocycles. The van der Waals surface area contributed by atoms with Gasteiger partial charge in [-0.3, -0.25) is 4.79 Å². The highest BCUT2D eigenvalue weighted by atomic mass is 16.5. The largest absolute Gasteiger partial charge is 0.339 e. The minimum atomic E-state index is 0.557. The molecule has 154 valence electrons. The molecular weight excluding hydrogens is 380 g/mol. The number of carbonyl (C=O) groups excluding carboxylic acids is 1. The van der Waals surface area contributed by atoms with Crippen molar-refractivity contribution in [3.05, 3.63) is 65.9 Å². The molecule has 0 saturated carbocycles. The van der Waals surface area contributed by atoms with E-state index < -0.39 is 0 Å². The average Bonchev–Trinajstić information content (AvgIpc) is 3.35. The van der Waals surface area contributed by atoms with Crippen LogP contribution in [0.5, 0.6) is 0 Å². The molecule has 1 fully saturated rings. The molecule has 8 heteroatoms. The van der Waals surface area contributed by atoms with Crippen LogP contribution in [0.15, 0.2) is 53.3 Å². The number of pyridine rings is 1. The third-order valence-corrected chi connectivity index (χ3v) is 5.11. The molecule has 4 aromatic rings. The predicted octanol–water partition coefficient (Wildman–Crippen LogP) is 3.02. The van der Waals surface area contributed by atoms with E-state index in [1.807, 2.05) is 62.6 Å². The maximum Gasteiger partial charge on any atom is 0.227 e. The Labute approximate surface area is 174 Å². The van der Waals surface area contributed by atoms with Gasteiger partial charge in [0.05, 0.1) is 0 Å². The normalized spacial score (nSPS) is 13.4. The molecule has 8 nitrogen and oxygen atoms in total. The molecule has 2 N–H and O–H groups in total. The highest BCUT2D eigenvalue weighted by Gasteiger charge is 2.20. The van der Waals surface area contributed by atoms with Gasteiger partial charge in [0, 0.05) is 35.8 Å². The summed E-state index contributed by atoms with van der Waals surface area (Å²) in [4.78, 5) is 19.2. The van der Waals surface area contributed by atoms with Crippen molar-refractivity contribution in [2.24, 2.45) is 5.92 Å². The maximum absolute atomic E-state index is 10.6. The van der Waals surface area contributed by atoms with Crippen molar-refractivity contribution in [3.63, 3.8) is 0 Å². The fourth-order valence-electron chi connectivity index (χ4n) is 3.23. The average molecular weight is 404 g/mol. The molecule has 30 heavy (non-hydrogen) atoms. The van der Waals surface area contributed by atoms with Gasteiger partial charge in [-0.1, -0.05) is 23.4 Å². The van der Waals surface area contributed by atoms with Crippen LogP contribution in [0.1, 0.15) is 17.1 Å². The maximum atomic E-state index is 10.6. The first-order chi connectivity index (χ1) is 14.6. The highest BCUT2D eigenvalue weighted by Crippen LogP contribution is 2.24. The second kappa shape index (κ2) is 8.87. The van der Waals surface area contributed by atoms with Crippen LogP contribution in [0.4, 0.5) is 5.69 Å². The van der Waals surface area contributed by atoms with Crippen LogP contribution in [0.2, 0.25) is 0 Å². The molecule has 1 amide bonds. The number of aryl methyl sites for hydroxylation is 2. The molecule has 1 saturated heterocycles. The first kappa shape index (κ1) is 19.8. The van der Waals surface area contributed by atoms with Crippen molar-refractivity contribution >= 4 is 17.7 Å². The topological polar surface area (TPSA) is 97.4 Å².